The summed E-state index contributed by atoms with van der Waals surface area (Å²) in [6, 6.07) is 12.2. The van der Waals surface area contributed by atoms with Gasteiger partial charge >= 0.3 is 5.97 Å². The number of Topliss-reactive ketones (excluding diaryl/α,β-unsaturated/α-hetero) is 1. The van der Waals surface area contributed by atoms with Gasteiger partial charge in [0.1, 0.15) is 0 Å². The number of hydrogen-bond donors (Lipinski definition) is 0. The van der Waals surface area contributed by atoms with E-state index in [2.05, 4.69) is 4.98 Å². The van der Waals surface area contributed by atoms with Crippen LogP contribution in [0.25, 0.3) is 0 Å². The Hall–Kier alpha value is -2.49. The van der Waals surface area contributed by atoms with E-state index in [1.165, 1.54) is 0 Å². The second-order valence-corrected chi connectivity index (χ2v) is 6.05. The predicted molar refractivity (Wildman–Crippen MR) is 83.3 cm³/mol. The molecule has 4 nitrogen and oxygen atoms in total. The summed E-state index contributed by atoms with van der Waals surface area (Å²) in [4.78, 5) is 28.9. The third-order valence-corrected chi connectivity index (χ3v) is 3.12. The molecule has 0 aliphatic rings. The van der Waals surface area contributed by atoms with Gasteiger partial charge in [-0.3, -0.25) is 14.6 Å². The molecule has 22 heavy (non-hydrogen) atoms. The van der Waals surface area contributed by atoms with Crippen molar-refractivity contribution in [3.8, 4) is 0 Å². The molecule has 1 aromatic carbocycles. The summed E-state index contributed by atoms with van der Waals surface area (Å²) in [6.45, 7) is 5.26. The molecule has 1 heterocycles. The standard InChI is InChI=1S/C18H19NO3/c1-18(2,3)17(21)22-16(14-10-7-11-19-12-14)15(20)13-8-5-4-6-9-13/h4-12,16H,1-3H3. The zero-order valence-electron chi connectivity index (χ0n) is 12.9. The number of carbonyl (C=O) groups excluding carboxylic acids is 2. The Morgan fingerprint density at radius 2 is 1.73 bits per heavy atom. The van der Waals surface area contributed by atoms with Gasteiger partial charge in [0.15, 0.2) is 6.10 Å². The summed E-state index contributed by atoms with van der Waals surface area (Å²) in [5, 5.41) is 0. The van der Waals surface area contributed by atoms with Crippen molar-refractivity contribution >= 4 is 11.8 Å². The lowest BCUT2D eigenvalue weighted by Gasteiger charge is -2.22. The van der Waals surface area contributed by atoms with Crippen LogP contribution in [0.1, 0.15) is 42.8 Å². The van der Waals surface area contributed by atoms with Gasteiger partial charge in [0.05, 0.1) is 5.41 Å². The fourth-order valence-corrected chi connectivity index (χ4v) is 1.84. The van der Waals surface area contributed by atoms with Crippen LogP contribution in [0.15, 0.2) is 54.9 Å². The molecular weight excluding hydrogens is 278 g/mol. The van der Waals surface area contributed by atoms with Gasteiger partial charge in [0, 0.05) is 23.5 Å². The van der Waals surface area contributed by atoms with Gasteiger partial charge in [-0.25, -0.2) is 0 Å². The van der Waals surface area contributed by atoms with Crippen LogP contribution < -0.4 is 0 Å². The molecule has 0 amide bonds. The molecule has 0 spiro atoms. The molecular formula is C18H19NO3. The van der Waals surface area contributed by atoms with Gasteiger partial charge in [-0.2, -0.15) is 0 Å². The van der Waals surface area contributed by atoms with Crippen LogP contribution in [0.4, 0.5) is 0 Å². The Bertz CT molecular complexity index is 645. The number of benzene rings is 1. The van der Waals surface area contributed by atoms with E-state index in [-0.39, 0.29) is 5.78 Å². The summed E-state index contributed by atoms with van der Waals surface area (Å²) < 4.78 is 5.49. The molecule has 1 aromatic heterocycles. The fourth-order valence-electron chi connectivity index (χ4n) is 1.84. The molecule has 1 atom stereocenters. The summed E-state index contributed by atoms with van der Waals surface area (Å²) in [5.41, 5.74) is 0.379. The molecule has 0 saturated carbocycles. The summed E-state index contributed by atoms with van der Waals surface area (Å²) in [5.74, 6) is -0.683. The first-order valence-electron chi connectivity index (χ1n) is 7.10. The second kappa shape index (κ2) is 6.52. The Kier molecular flexibility index (Phi) is 4.71. The van der Waals surface area contributed by atoms with E-state index in [1.54, 1.807) is 69.6 Å². The highest BCUT2D eigenvalue weighted by molar-refractivity contribution is 6.01. The van der Waals surface area contributed by atoms with E-state index in [9.17, 15) is 9.59 Å². The second-order valence-electron chi connectivity index (χ2n) is 6.05. The number of ketones is 1. The van der Waals surface area contributed by atoms with Gasteiger partial charge in [-0.05, 0) is 26.8 Å². The first-order valence-corrected chi connectivity index (χ1v) is 7.10. The number of esters is 1. The maximum atomic E-state index is 12.7. The third kappa shape index (κ3) is 3.79. The van der Waals surface area contributed by atoms with Gasteiger partial charge in [0.2, 0.25) is 5.78 Å². The number of carbonyl (C=O) groups is 2. The predicted octanol–water partition coefficient (Wildman–Crippen LogP) is 3.59. The first kappa shape index (κ1) is 15.9. The average molecular weight is 297 g/mol. The van der Waals surface area contributed by atoms with Crippen LogP contribution >= 0.6 is 0 Å². The third-order valence-electron chi connectivity index (χ3n) is 3.12. The number of pyridine rings is 1. The Balaban J connectivity index is 2.34. The maximum Gasteiger partial charge on any atom is 0.312 e. The van der Waals surface area contributed by atoms with Gasteiger partial charge in [-0.1, -0.05) is 36.4 Å². The van der Waals surface area contributed by atoms with E-state index in [4.69, 9.17) is 4.74 Å². The molecule has 0 aliphatic carbocycles. The van der Waals surface area contributed by atoms with E-state index < -0.39 is 17.5 Å². The van der Waals surface area contributed by atoms with Crippen molar-refractivity contribution in [3.63, 3.8) is 0 Å². The minimum Gasteiger partial charge on any atom is -0.449 e. The normalized spacial score (nSPS) is 12.5. The Morgan fingerprint density at radius 1 is 1.05 bits per heavy atom. The lowest BCUT2D eigenvalue weighted by molar-refractivity contribution is -0.156. The van der Waals surface area contributed by atoms with Crippen molar-refractivity contribution in [1.82, 2.24) is 4.98 Å². The van der Waals surface area contributed by atoms with Crippen LogP contribution in [0.5, 0.6) is 0 Å². The number of ether oxygens (including phenoxy) is 1. The van der Waals surface area contributed by atoms with Crippen molar-refractivity contribution in [2.24, 2.45) is 5.41 Å². The molecule has 0 radical (unpaired) electrons. The lowest BCUT2D eigenvalue weighted by Crippen LogP contribution is -2.28. The molecule has 0 saturated heterocycles. The van der Waals surface area contributed by atoms with Crippen molar-refractivity contribution in [1.29, 1.82) is 0 Å². The quantitative estimate of drug-likeness (QED) is 0.639. The highest BCUT2D eigenvalue weighted by Crippen LogP contribution is 2.26. The largest absolute Gasteiger partial charge is 0.449 e. The topological polar surface area (TPSA) is 56.3 Å². The Morgan fingerprint density at radius 3 is 2.27 bits per heavy atom. The number of aromatic nitrogens is 1. The average Bonchev–Trinajstić information content (AvgIpc) is 2.52. The van der Waals surface area contributed by atoms with Crippen LogP contribution in [0, 0.1) is 5.41 Å². The minimum absolute atomic E-state index is 0.258. The molecule has 2 aromatic rings. The zero-order valence-corrected chi connectivity index (χ0v) is 12.9. The van der Waals surface area contributed by atoms with Crippen molar-refractivity contribution in [2.45, 2.75) is 26.9 Å². The van der Waals surface area contributed by atoms with Crippen LogP contribution in [-0.4, -0.2) is 16.7 Å². The molecule has 0 aliphatic heterocycles. The molecule has 0 bridgehead atoms. The van der Waals surface area contributed by atoms with Crippen LogP contribution in [0.2, 0.25) is 0 Å². The van der Waals surface area contributed by atoms with Crippen LogP contribution in [-0.2, 0) is 9.53 Å². The maximum absolute atomic E-state index is 12.7. The van der Waals surface area contributed by atoms with Crippen molar-refractivity contribution in [2.75, 3.05) is 0 Å². The summed E-state index contributed by atoms with van der Waals surface area (Å²) >= 11 is 0. The molecule has 2 rings (SSSR count). The fraction of sp³-hybridized carbons (Fsp3) is 0.278. The van der Waals surface area contributed by atoms with E-state index in [1.807, 2.05) is 6.07 Å². The highest BCUT2D eigenvalue weighted by atomic mass is 16.5. The van der Waals surface area contributed by atoms with Gasteiger partial charge in [0.25, 0.3) is 0 Å². The zero-order chi connectivity index (χ0) is 16.2. The Labute approximate surface area is 130 Å². The molecule has 0 N–H and O–H groups in total. The van der Waals surface area contributed by atoms with Crippen LogP contribution in [0.3, 0.4) is 0 Å². The first-order chi connectivity index (χ1) is 10.4. The van der Waals surface area contributed by atoms with E-state index in [0.29, 0.717) is 11.1 Å². The van der Waals surface area contributed by atoms with E-state index in [0.717, 1.165) is 0 Å². The monoisotopic (exact) mass is 297 g/mol. The lowest BCUT2D eigenvalue weighted by atomic mass is 9.96. The smallest absolute Gasteiger partial charge is 0.312 e. The number of hydrogen-bond acceptors (Lipinski definition) is 4. The van der Waals surface area contributed by atoms with Gasteiger partial charge < -0.3 is 4.74 Å². The number of nitrogens with zero attached hydrogens (tertiary/aromatic N) is 1. The molecule has 114 valence electrons. The summed E-state index contributed by atoms with van der Waals surface area (Å²) in [7, 11) is 0. The van der Waals surface area contributed by atoms with Gasteiger partial charge in [-0.15, -0.1) is 0 Å². The van der Waals surface area contributed by atoms with Crippen molar-refractivity contribution in [3.05, 3.63) is 66.0 Å². The van der Waals surface area contributed by atoms with Crippen molar-refractivity contribution < 1.29 is 14.3 Å². The van der Waals surface area contributed by atoms with E-state index >= 15 is 0 Å². The minimum atomic E-state index is -0.983. The highest BCUT2D eigenvalue weighted by Gasteiger charge is 2.31. The molecule has 4 heteroatoms. The molecule has 1 unspecified atom stereocenters. The number of rotatable bonds is 4. The summed E-state index contributed by atoms with van der Waals surface area (Å²) in [6.07, 6.45) is 2.17. The SMILES string of the molecule is CC(C)(C)C(=O)OC(C(=O)c1ccccc1)c1cccnc1. The molecule has 0 fully saturated rings.